The first kappa shape index (κ1) is 22.5. The summed E-state index contributed by atoms with van der Waals surface area (Å²) in [7, 11) is -1.78. The van der Waals surface area contributed by atoms with E-state index in [-0.39, 0.29) is 4.90 Å². The predicted molar refractivity (Wildman–Crippen MR) is 123 cm³/mol. The summed E-state index contributed by atoms with van der Waals surface area (Å²) in [4.78, 5) is 0.267. The minimum Gasteiger partial charge on any atom is -0.360 e. The van der Waals surface area contributed by atoms with E-state index in [2.05, 4.69) is 5.16 Å². The Morgan fingerprint density at radius 1 is 1.13 bits per heavy atom. The summed E-state index contributed by atoms with van der Waals surface area (Å²) in [6, 6.07) is 16.5. The molecule has 30 heavy (non-hydrogen) atoms. The zero-order chi connectivity index (χ0) is 21.7. The molecule has 9 heteroatoms. The van der Waals surface area contributed by atoms with E-state index >= 15 is 0 Å². The second kappa shape index (κ2) is 9.74. The first-order valence-electron chi connectivity index (χ1n) is 9.21. The first-order chi connectivity index (χ1) is 14.3. The van der Waals surface area contributed by atoms with E-state index in [1.54, 1.807) is 24.3 Å². The topological polar surface area (TPSA) is 83.6 Å². The first-order valence-corrected chi connectivity index (χ1v) is 12.5. The quantitative estimate of drug-likeness (QED) is 0.308. The number of thiocarbonyl (C=S) groups is 1. The highest BCUT2D eigenvalue weighted by atomic mass is 32.2. The number of rotatable bonds is 7. The Balaban J connectivity index is 1.90. The Morgan fingerprint density at radius 3 is 2.40 bits per heavy atom. The molecule has 1 heterocycles. The van der Waals surface area contributed by atoms with Gasteiger partial charge in [0.1, 0.15) is 11.5 Å². The predicted octanol–water partition coefficient (Wildman–Crippen LogP) is 4.68. The van der Waals surface area contributed by atoms with Crippen molar-refractivity contribution in [1.29, 1.82) is 0 Å². The highest BCUT2D eigenvalue weighted by Crippen LogP contribution is 2.35. The van der Waals surface area contributed by atoms with E-state index in [0.29, 0.717) is 10.7 Å². The van der Waals surface area contributed by atoms with Gasteiger partial charge in [0.15, 0.2) is 14.2 Å². The van der Waals surface area contributed by atoms with Gasteiger partial charge in [0.2, 0.25) is 0 Å². The normalized spacial score (nSPS) is 11.4. The van der Waals surface area contributed by atoms with Gasteiger partial charge in [0.05, 0.1) is 10.5 Å². The molecule has 0 fully saturated rings. The Kier molecular flexibility index (Phi) is 7.30. The third kappa shape index (κ3) is 5.48. The fourth-order valence-corrected chi connectivity index (χ4v) is 4.47. The van der Waals surface area contributed by atoms with Crippen LogP contribution in [0.3, 0.4) is 0 Å². The lowest BCUT2D eigenvalue weighted by Gasteiger charge is -2.10. The van der Waals surface area contributed by atoms with Crippen molar-refractivity contribution in [1.82, 2.24) is 10.2 Å². The smallest absolute Gasteiger partial charge is 0.175 e. The van der Waals surface area contributed by atoms with Gasteiger partial charge < -0.3 is 4.52 Å². The van der Waals surface area contributed by atoms with E-state index in [1.807, 2.05) is 30.3 Å². The Morgan fingerprint density at radius 2 is 1.80 bits per heavy atom. The van der Waals surface area contributed by atoms with Crippen molar-refractivity contribution >= 4 is 38.1 Å². The van der Waals surface area contributed by atoms with E-state index < -0.39 is 9.84 Å². The molecular formula is C21H22N2O4S3. The van der Waals surface area contributed by atoms with Gasteiger partial charge in [-0.1, -0.05) is 71.6 Å². The van der Waals surface area contributed by atoms with Crippen LogP contribution in [0.15, 0.2) is 64.0 Å². The van der Waals surface area contributed by atoms with Crippen molar-refractivity contribution in [3.05, 3.63) is 60.4 Å². The highest BCUT2D eigenvalue weighted by Gasteiger charge is 2.20. The number of aryl methyl sites for hydroxylation is 1. The minimum absolute atomic E-state index is 0.267. The molecule has 0 bridgehead atoms. The van der Waals surface area contributed by atoms with Gasteiger partial charge in [-0.15, -0.1) is 0 Å². The van der Waals surface area contributed by atoms with Gasteiger partial charge in [0.25, 0.3) is 0 Å². The van der Waals surface area contributed by atoms with Crippen molar-refractivity contribution < 1.29 is 18.1 Å². The van der Waals surface area contributed by atoms with Crippen LogP contribution in [0, 0.1) is 0 Å². The number of thioether (sulfide) groups is 1. The minimum atomic E-state index is -3.27. The second-order valence-electron chi connectivity index (χ2n) is 6.73. The monoisotopic (exact) mass is 462 g/mol. The third-order valence-corrected chi connectivity index (χ3v) is 7.17. The summed E-state index contributed by atoms with van der Waals surface area (Å²) in [5, 5.41) is 14.6. The number of nitrogens with zero attached hydrogens (tertiary/aromatic N) is 2. The van der Waals surface area contributed by atoms with E-state index in [1.165, 1.54) is 25.1 Å². The average molecular weight is 463 g/mol. The van der Waals surface area contributed by atoms with Gasteiger partial charge in [-0.05, 0) is 24.1 Å². The van der Waals surface area contributed by atoms with Crippen molar-refractivity contribution in [2.75, 3.05) is 19.1 Å². The van der Waals surface area contributed by atoms with Crippen LogP contribution in [0.25, 0.3) is 22.4 Å². The number of hydrogen-bond donors (Lipinski definition) is 1. The second-order valence-corrected chi connectivity index (χ2v) is 10.5. The lowest BCUT2D eigenvalue weighted by molar-refractivity contribution is 0.0205. The third-order valence-electron chi connectivity index (χ3n) is 4.42. The SMILES string of the molecule is CN(O)C(=S)SCCCc1onc(-c2ccccc2)c1-c1ccc(S(C)(=O)=O)cc1. The number of hydroxylamine groups is 2. The molecule has 0 atom stereocenters. The van der Waals surface area contributed by atoms with Crippen LogP contribution in [0.5, 0.6) is 0 Å². The van der Waals surface area contributed by atoms with Crippen LogP contribution < -0.4 is 0 Å². The molecule has 3 aromatic rings. The molecule has 0 amide bonds. The van der Waals surface area contributed by atoms with Crippen molar-refractivity contribution in [3.63, 3.8) is 0 Å². The number of hydrogen-bond acceptors (Lipinski definition) is 7. The Labute approximate surface area is 185 Å². The molecule has 0 aliphatic heterocycles. The molecule has 0 unspecified atom stereocenters. The van der Waals surface area contributed by atoms with Crippen LogP contribution in [0.1, 0.15) is 12.2 Å². The number of sulfone groups is 1. The van der Waals surface area contributed by atoms with Gasteiger partial charge in [-0.3, -0.25) is 5.21 Å². The largest absolute Gasteiger partial charge is 0.360 e. The van der Waals surface area contributed by atoms with Gasteiger partial charge >= 0.3 is 0 Å². The molecule has 1 N–H and O–H groups in total. The van der Waals surface area contributed by atoms with Gasteiger partial charge in [-0.2, -0.15) is 0 Å². The van der Waals surface area contributed by atoms with E-state index in [0.717, 1.165) is 45.4 Å². The van der Waals surface area contributed by atoms with Crippen molar-refractivity contribution in [2.24, 2.45) is 0 Å². The van der Waals surface area contributed by atoms with Gasteiger partial charge in [-0.25, -0.2) is 13.5 Å². The van der Waals surface area contributed by atoms with Crippen LogP contribution in [-0.4, -0.2) is 47.2 Å². The van der Waals surface area contributed by atoms with Crippen molar-refractivity contribution in [3.8, 4) is 22.4 Å². The van der Waals surface area contributed by atoms with E-state index in [9.17, 15) is 13.6 Å². The summed E-state index contributed by atoms with van der Waals surface area (Å²) < 4.78 is 29.7. The lowest BCUT2D eigenvalue weighted by atomic mass is 9.98. The van der Waals surface area contributed by atoms with Crippen LogP contribution in [0.2, 0.25) is 0 Å². The average Bonchev–Trinajstić information content (AvgIpc) is 3.15. The Hall–Kier alpha value is -2.20. The highest BCUT2D eigenvalue weighted by molar-refractivity contribution is 8.22. The molecule has 0 saturated carbocycles. The number of aromatic nitrogens is 1. The molecule has 0 spiro atoms. The summed E-state index contributed by atoms with van der Waals surface area (Å²) in [6.45, 7) is 0. The molecule has 0 radical (unpaired) electrons. The summed E-state index contributed by atoms with van der Waals surface area (Å²) in [6.07, 6.45) is 2.60. The lowest BCUT2D eigenvalue weighted by Crippen LogP contribution is -2.17. The van der Waals surface area contributed by atoms with Crippen molar-refractivity contribution in [2.45, 2.75) is 17.7 Å². The standard InChI is InChI=1S/C21H22N2O4S3/c1-23(24)21(28)29-14-6-9-18-19(15-10-12-17(13-11-15)30(2,25)26)20(22-27-18)16-7-4-3-5-8-16/h3-5,7-8,10-13,24H,6,9,14H2,1-2H3. The maximum absolute atomic E-state index is 11.8. The summed E-state index contributed by atoms with van der Waals surface area (Å²) >= 11 is 6.47. The zero-order valence-electron chi connectivity index (χ0n) is 16.6. The molecule has 3 rings (SSSR count). The fourth-order valence-electron chi connectivity index (χ4n) is 2.94. The molecule has 1 aromatic heterocycles. The molecule has 0 aliphatic carbocycles. The molecule has 0 aliphatic rings. The van der Waals surface area contributed by atoms with E-state index in [4.69, 9.17) is 16.7 Å². The molecule has 0 saturated heterocycles. The molecule has 158 valence electrons. The zero-order valence-corrected chi connectivity index (χ0v) is 19.1. The summed E-state index contributed by atoms with van der Waals surface area (Å²) in [5.41, 5.74) is 3.34. The fraction of sp³-hybridized carbons (Fsp3) is 0.238. The summed E-state index contributed by atoms with van der Waals surface area (Å²) in [5.74, 6) is 1.45. The molecule has 6 nitrogen and oxygen atoms in total. The van der Waals surface area contributed by atoms with Crippen LogP contribution >= 0.6 is 24.0 Å². The maximum atomic E-state index is 11.8. The Bertz CT molecular complexity index is 1110. The number of benzene rings is 2. The molecular weight excluding hydrogens is 440 g/mol. The van der Waals surface area contributed by atoms with Gasteiger partial charge in [0, 0.05) is 31.0 Å². The van der Waals surface area contributed by atoms with Crippen LogP contribution in [0.4, 0.5) is 0 Å². The maximum Gasteiger partial charge on any atom is 0.175 e. The van der Waals surface area contributed by atoms with Crippen LogP contribution in [-0.2, 0) is 16.3 Å². The molecule has 2 aromatic carbocycles.